The Balaban J connectivity index is 1.77. The first kappa shape index (κ1) is 13.1. The highest BCUT2D eigenvalue weighted by Crippen LogP contribution is 2.24. The Hall–Kier alpha value is -1.87. The number of hydrogen-bond acceptors (Lipinski definition) is 3. The molecule has 2 aromatic rings. The Kier molecular flexibility index (Phi) is 3.97. The van der Waals surface area contributed by atoms with Crippen LogP contribution in [0.25, 0.3) is 0 Å². The van der Waals surface area contributed by atoms with Gasteiger partial charge in [-0.2, -0.15) is 0 Å². The molecule has 0 atom stereocenters. The van der Waals surface area contributed by atoms with Gasteiger partial charge >= 0.3 is 0 Å². The highest BCUT2D eigenvalue weighted by atomic mass is 15.1. The summed E-state index contributed by atoms with van der Waals surface area (Å²) in [4.78, 5) is 6.87. The fourth-order valence-corrected chi connectivity index (χ4v) is 2.73. The Morgan fingerprint density at radius 3 is 2.90 bits per heavy atom. The summed E-state index contributed by atoms with van der Waals surface area (Å²) in [6.45, 7) is 6.02. The third kappa shape index (κ3) is 2.83. The molecule has 3 rings (SSSR count). The van der Waals surface area contributed by atoms with Gasteiger partial charge < -0.3 is 10.2 Å². The Bertz CT molecular complexity index is 580. The average Bonchev–Trinajstić information content (AvgIpc) is 2.53. The lowest BCUT2D eigenvalue weighted by atomic mass is 9.99. The van der Waals surface area contributed by atoms with Crippen molar-refractivity contribution in [1.29, 1.82) is 0 Å². The van der Waals surface area contributed by atoms with Crippen LogP contribution in [0, 0.1) is 0 Å². The summed E-state index contributed by atoms with van der Waals surface area (Å²) < 4.78 is 0. The van der Waals surface area contributed by atoms with Gasteiger partial charge in [0.1, 0.15) is 0 Å². The molecule has 0 amide bonds. The minimum atomic E-state index is 0.842. The maximum atomic E-state index is 4.43. The summed E-state index contributed by atoms with van der Waals surface area (Å²) in [5, 5.41) is 3.33. The van der Waals surface area contributed by atoms with Crippen LogP contribution in [0.5, 0.6) is 0 Å². The molecule has 1 aromatic carbocycles. The van der Waals surface area contributed by atoms with Crippen molar-refractivity contribution < 1.29 is 0 Å². The van der Waals surface area contributed by atoms with E-state index in [0.29, 0.717) is 0 Å². The van der Waals surface area contributed by atoms with E-state index >= 15 is 0 Å². The standard InChI is InChI=1S/C17H21N3/c1-2-18-12-16-11-17(7-9-19-16)20-10-8-14-5-3-4-6-15(14)13-20/h3-7,9,11,18H,2,8,10,12-13H2,1H3. The lowest BCUT2D eigenvalue weighted by Crippen LogP contribution is -2.30. The van der Waals surface area contributed by atoms with Gasteiger partial charge in [0.05, 0.1) is 5.69 Å². The first-order valence-electron chi connectivity index (χ1n) is 7.34. The van der Waals surface area contributed by atoms with E-state index < -0.39 is 0 Å². The highest BCUT2D eigenvalue weighted by Gasteiger charge is 2.16. The van der Waals surface area contributed by atoms with Crippen LogP contribution in [0.3, 0.4) is 0 Å². The van der Waals surface area contributed by atoms with Crippen molar-refractivity contribution in [3.8, 4) is 0 Å². The zero-order valence-electron chi connectivity index (χ0n) is 12.0. The van der Waals surface area contributed by atoms with E-state index in [1.807, 2.05) is 6.20 Å². The number of hydrogen-bond donors (Lipinski definition) is 1. The molecule has 3 heteroatoms. The zero-order chi connectivity index (χ0) is 13.8. The van der Waals surface area contributed by atoms with E-state index in [9.17, 15) is 0 Å². The Labute approximate surface area is 120 Å². The van der Waals surface area contributed by atoms with Crippen LogP contribution < -0.4 is 10.2 Å². The number of nitrogens with zero attached hydrogens (tertiary/aromatic N) is 2. The third-order valence-electron chi connectivity index (χ3n) is 3.85. The topological polar surface area (TPSA) is 28.2 Å². The van der Waals surface area contributed by atoms with Crippen molar-refractivity contribution in [2.75, 3.05) is 18.0 Å². The van der Waals surface area contributed by atoms with Gasteiger partial charge in [0.2, 0.25) is 0 Å². The van der Waals surface area contributed by atoms with Gasteiger partial charge in [-0.25, -0.2) is 0 Å². The molecule has 0 aliphatic carbocycles. The van der Waals surface area contributed by atoms with Gasteiger partial charge in [0.25, 0.3) is 0 Å². The number of benzene rings is 1. The highest BCUT2D eigenvalue weighted by molar-refractivity contribution is 5.49. The fraction of sp³-hybridized carbons (Fsp3) is 0.353. The van der Waals surface area contributed by atoms with E-state index in [-0.39, 0.29) is 0 Å². The van der Waals surface area contributed by atoms with E-state index in [0.717, 1.165) is 38.3 Å². The summed E-state index contributed by atoms with van der Waals surface area (Å²) in [5.74, 6) is 0. The van der Waals surface area contributed by atoms with Crippen molar-refractivity contribution in [3.63, 3.8) is 0 Å². The summed E-state index contributed by atoms with van der Waals surface area (Å²) in [5.41, 5.74) is 5.33. The molecular weight excluding hydrogens is 246 g/mol. The van der Waals surface area contributed by atoms with Crippen molar-refractivity contribution in [3.05, 3.63) is 59.4 Å². The first-order valence-corrected chi connectivity index (χ1v) is 7.34. The number of fused-ring (bicyclic) bond motifs is 1. The molecule has 0 spiro atoms. The molecule has 1 aliphatic heterocycles. The molecule has 1 N–H and O–H groups in total. The predicted molar refractivity (Wildman–Crippen MR) is 82.8 cm³/mol. The lowest BCUT2D eigenvalue weighted by molar-refractivity contribution is 0.704. The molecule has 0 fully saturated rings. The minimum Gasteiger partial charge on any atom is -0.367 e. The van der Waals surface area contributed by atoms with Crippen molar-refractivity contribution in [2.45, 2.75) is 26.4 Å². The number of pyridine rings is 1. The Morgan fingerprint density at radius 2 is 2.05 bits per heavy atom. The molecule has 0 saturated heterocycles. The SMILES string of the molecule is CCNCc1cc(N2CCc3ccccc3C2)ccn1. The third-order valence-corrected chi connectivity index (χ3v) is 3.85. The summed E-state index contributed by atoms with van der Waals surface area (Å²) in [6, 6.07) is 13.1. The van der Waals surface area contributed by atoms with Gasteiger partial charge in [-0.1, -0.05) is 31.2 Å². The fourth-order valence-electron chi connectivity index (χ4n) is 2.73. The molecule has 1 aliphatic rings. The van der Waals surface area contributed by atoms with E-state index in [4.69, 9.17) is 0 Å². The average molecular weight is 267 g/mol. The summed E-state index contributed by atoms with van der Waals surface area (Å²) >= 11 is 0. The second-order valence-electron chi connectivity index (χ2n) is 5.23. The van der Waals surface area contributed by atoms with Gasteiger partial charge in [0.15, 0.2) is 0 Å². The molecule has 1 aromatic heterocycles. The van der Waals surface area contributed by atoms with Crippen LogP contribution >= 0.6 is 0 Å². The number of rotatable bonds is 4. The predicted octanol–water partition coefficient (Wildman–Crippen LogP) is 2.75. The second kappa shape index (κ2) is 6.06. The molecule has 0 unspecified atom stereocenters. The van der Waals surface area contributed by atoms with Gasteiger partial charge in [-0.3, -0.25) is 4.98 Å². The monoisotopic (exact) mass is 267 g/mol. The molecule has 0 bridgehead atoms. The van der Waals surface area contributed by atoms with Crippen molar-refractivity contribution in [2.24, 2.45) is 0 Å². The quantitative estimate of drug-likeness (QED) is 0.923. The number of nitrogens with one attached hydrogen (secondary N) is 1. The van der Waals surface area contributed by atoms with Crippen molar-refractivity contribution >= 4 is 5.69 Å². The van der Waals surface area contributed by atoms with Crippen LogP contribution in [0.2, 0.25) is 0 Å². The van der Waals surface area contributed by atoms with Crippen molar-refractivity contribution in [1.82, 2.24) is 10.3 Å². The lowest BCUT2D eigenvalue weighted by Gasteiger charge is -2.30. The van der Waals surface area contributed by atoms with Gasteiger partial charge in [-0.05, 0) is 36.2 Å². The first-order chi connectivity index (χ1) is 9.86. The van der Waals surface area contributed by atoms with E-state index in [1.54, 1.807) is 0 Å². The van der Waals surface area contributed by atoms with Crippen LogP contribution in [-0.4, -0.2) is 18.1 Å². The largest absolute Gasteiger partial charge is 0.367 e. The molecule has 0 saturated carbocycles. The minimum absolute atomic E-state index is 0.842. The second-order valence-corrected chi connectivity index (χ2v) is 5.23. The Morgan fingerprint density at radius 1 is 1.20 bits per heavy atom. The summed E-state index contributed by atoms with van der Waals surface area (Å²) in [7, 11) is 0. The number of aromatic nitrogens is 1. The summed E-state index contributed by atoms with van der Waals surface area (Å²) in [6.07, 6.45) is 3.05. The molecule has 20 heavy (non-hydrogen) atoms. The molecule has 2 heterocycles. The van der Waals surface area contributed by atoms with Crippen LogP contribution in [0.4, 0.5) is 5.69 Å². The normalized spacial score (nSPS) is 14.2. The maximum Gasteiger partial charge on any atom is 0.0562 e. The van der Waals surface area contributed by atoms with Crippen LogP contribution in [0.1, 0.15) is 23.7 Å². The van der Waals surface area contributed by atoms with Crippen LogP contribution in [-0.2, 0) is 19.5 Å². The molecular formula is C17H21N3. The maximum absolute atomic E-state index is 4.43. The smallest absolute Gasteiger partial charge is 0.0562 e. The number of anilines is 1. The molecule has 104 valence electrons. The van der Waals surface area contributed by atoms with Gasteiger partial charge in [0, 0.05) is 31.5 Å². The molecule has 3 nitrogen and oxygen atoms in total. The van der Waals surface area contributed by atoms with E-state index in [1.165, 1.54) is 16.8 Å². The van der Waals surface area contributed by atoms with E-state index in [2.05, 4.69) is 58.5 Å². The zero-order valence-corrected chi connectivity index (χ0v) is 12.0. The molecule has 0 radical (unpaired) electrons. The van der Waals surface area contributed by atoms with Crippen LogP contribution in [0.15, 0.2) is 42.6 Å². The van der Waals surface area contributed by atoms with Gasteiger partial charge in [-0.15, -0.1) is 0 Å².